The number of carbonyl (C=O) groups excluding carboxylic acids is 1. The number of fused-ring (bicyclic) bond motifs is 1. The van der Waals surface area contributed by atoms with Crippen molar-refractivity contribution >= 4 is 17.3 Å². The van der Waals surface area contributed by atoms with E-state index in [0.717, 1.165) is 24.3 Å². The van der Waals surface area contributed by atoms with Gasteiger partial charge in [-0.25, -0.2) is 0 Å². The first kappa shape index (κ1) is 12.5. The first-order valence-electron chi connectivity index (χ1n) is 5.95. The highest BCUT2D eigenvalue weighted by Crippen LogP contribution is 2.39. The number of nitrogens with zero attached hydrogens (tertiary/aromatic N) is 1. The molecule has 0 bridgehead atoms. The number of carbonyl (C=O) groups is 1. The molecule has 0 fully saturated rings. The van der Waals surface area contributed by atoms with Gasteiger partial charge >= 0.3 is 0 Å². The molecule has 0 saturated heterocycles. The fourth-order valence-corrected chi connectivity index (χ4v) is 2.14. The summed E-state index contributed by atoms with van der Waals surface area (Å²) >= 11 is 0. The summed E-state index contributed by atoms with van der Waals surface area (Å²) < 4.78 is 10.6. The SMILES string of the molecule is COc1cc2c(cc1OC)N(C(C)=O)CCCN2. The molecule has 0 radical (unpaired) electrons. The van der Waals surface area contributed by atoms with Crippen molar-refractivity contribution in [3.8, 4) is 11.5 Å². The second-order valence-corrected chi connectivity index (χ2v) is 4.18. The predicted molar refractivity (Wildman–Crippen MR) is 70.7 cm³/mol. The molecule has 1 aliphatic rings. The molecule has 0 spiro atoms. The van der Waals surface area contributed by atoms with Crippen LogP contribution < -0.4 is 19.7 Å². The summed E-state index contributed by atoms with van der Waals surface area (Å²) in [5, 5.41) is 3.31. The lowest BCUT2D eigenvalue weighted by atomic mass is 10.2. The van der Waals surface area contributed by atoms with Crippen molar-refractivity contribution in [1.29, 1.82) is 0 Å². The van der Waals surface area contributed by atoms with Gasteiger partial charge in [0.15, 0.2) is 11.5 Å². The van der Waals surface area contributed by atoms with Crippen molar-refractivity contribution in [2.75, 3.05) is 37.5 Å². The quantitative estimate of drug-likeness (QED) is 0.870. The molecule has 0 unspecified atom stereocenters. The van der Waals surface area contributed by atoms with Gasteiger partial charge in [-0.3, -0.25) is 4.79 Å². The van der Waals surface area contributed by atoms with E-state index >= 15 is 0 Å². The maximum atomic E-state index is 11.7. The molecule has 18 heavy (non-hydrogen) atoms. The molecular formula is C13H18N2O3. The minimum absolute atomic E-state index is 0.0344. The molecule has 0 saturated carbocycles. The van der Waals surface area contributed by atoms with Crippen LogP contribution in [0.5, 0.6) is 11.5 Å². The number of rotatable bonds is 2. The summed E-state index contributed by atoms with van der Waals surface area (Å²) in [5.41, 5.74) is 1.75. The zero-order valence-electron chi connectivity index (χ0n) is 10.9. The molecule has 5 heteroatoms. The Balaban J connectivity index is 2.52. The van der Waals surface area contributed by atoms with Gasteiger partial charge in [0, 0.05) is 32.1 Å². The van der Waals surface area contributed by atoms with Crippen LogP contribution in [-0.2, 0) is 4.79 Å². The van der Waals surface area contributed by atoms with E-state index in [4.69, 9.17) is 9.47 Å². The number of benzene rings is 1. The summed E-state index contributed by atoms with van der Waals surface area (Å²) in [6.07, 6.45) is 0.916. The number of hydrogen-bond donors (Lipinski definition) is 1. The highest BCUT2D eigenvalue weighted by atomic mass is 16.5. The van der Waals surface area contributed by atoms with Crippen LogP contribution in [0.1, 0.15) is 13.3 Å². The molecule has 1 heterocycles. The van der Waals surface area contributed by atoms with Crippen LogP contribution in [0.15, 0.2) is 12.1 Å². The van der Waals surface area contributed by atoms with Crippen LogP contribution in [-0.4, -0.2) is 33.2 Å². The van der Waals surface area contributed by atoms with E-state index in [2.05, 4.69) is 5.32 Å². The van der Waals surface area contributed by atoms with Gasteiger partial charge in [0.05, 0.1) is 25.6 Å². The fraction of sp³-hybridized carbons (Fsp3) is 0.462. The van der Waals surface area contributed by atoms with Crippen molar-refractivity contribution in [2.24, 2.45) is 0 Å². The van der Waals surface area contributed by atoms with Gasteiger partial charge in [-0.2, -0.15) is 0 Å². The molecule has 1 aliphatic heterocycles. The monoisotopic (exact) mass is 250 g/mol. The smallest absolute Gasteiger partial charge is 0.223 e. The highest BCUT2D eigenvalue weighted by Gasteiger charge is 2.21. The number of ether oxygens (including phenoxy) is 2. The molecule has 1 amide bonds. The average molecular weight is 250 g/mol. The zero-order valence-corrected chi connectivity index (χ0v) is 10.9. The Labute approximate surface area is 107 Å². The molecule has 5 nitrogen and oxygen atoms in total. The molecule has 1 aromatic rings. The minimum atomic E-state index is 0.0344. The standard InChI is InChI=1S/C13H18N2O3/c1-9(16)15-6-4-5-14-10-7-12(17-2)13(18-3)8-11(10)15/h7-8,14H,4-6H2,1-3H3. The van der Waals surface area contributed by atoms with E-state index in [-0.39, 0.29) is 5.91 Å². The van der Waals surface area contributed by atoms with Crippen LogP contribution in [0.2, 0.25) is 0 Å². The van der Waals surface area contributed by atoms with E-state index in [1.54, 1.807) is 26.0 Å². The van der Waals surface area contributed by atoms with Crippen molar-refractivity contribution in [3.63, 3.8) is 0 Å². The molecule has 2 rings (SSSR count). The lowest BCUT2D eigenvalue weighted by Crippen LogP contribution is -2.28. The topological polar surface area (TPSA) is 50.8 Å². The molecule has 0 aliphatic carbocycles. The lowest BCUT2D eigenvalue weighted by molar-refractivity contribution is -0.116. The molecular weight excluding hydrogens is 232 g/mol. The number of hydrogen-bond acceptors (Lipinski definition) is 4. The van der Waals surface area contributed by atoms with E-state index in [1.807, 2.05) is 12.1 Å². The highest BCUT2D eigenvalue weighted by molar-refractivity contribution is 5.96. The van der Waals surface area contributed by atoms with Crippen LogP contribution in [0.25, 0.3) is 0 Å². The zero-order chi connectivity index (χ0) is 13.1. The van der Waals surface area contributed by atoms with Gasteiger partial charge < -0.3 is 19.7 Å². The largest absolute Gasteiger partial charge is 0.493 e. The average Bonchev–Trinajstić information content (AvgIpc) is 2.58. The van der Waals surface area contributed by atoms with Gasteiger partial charge in [0.1, 0.15) is 0 Å². The Bertz CT molecular complexity index is 460. The molecule has 1 N–H and O–H groups in total. The first-order chi connectivity index (χ1) is 8.67. The molecule has 0 aromatic heterocycles. The van der Waals surface area contributed by atoms with Crippen molar-refractivity contribution in [1.82, 2.24) is 0 Å². The third kappa shape index (κ3) is 2.20. The number of methoxy groups -OCH3 is 2. The van der Waals surface area contributed by atoms with Gasteiger partial charge in [0.25, 0.3) is 0 Å². The Kier molecular flexibility index (Phi) is 3.60. The van der Waals surface area contributed by atoms with Gasteiger partial charge in [0.2, 0.25) is 5.91 Å². The van der Waals surface area contributed by atoms with Crippen molar-refractivity contribution < 1.29 is 14.3 Å². The molecule has 1 aromatic carbocycles. The van der Waals surface area contributed by atoms with E-state index < -0.39 is 0 Å². The maximum Gasteiger partial charge on any atom is 0.223 e. The normalized spacial score (nSPS) is 14.3. The Hall–Kier alpha value is -1.91. The third-order valence-corrected chi connectivity index (χ3v) is 3.05. The Morgan fingerprint density at radius 2 is 1.94 bits per heavy atom. The van der Waals surface area contributed by atoms with Gasteiger partial charge in [-0.1, -0.05) is 0 Å². The summed E-state index contributed by atoms with van der Waals surface area (Å²) in [6.45, 7) is 3.13. The van der Waals surface area contributed by atoms with Gasteiger partial charge in [-0.15, -0.1) is 0 Å². The third-order valence-electron chi connectivity index (χ3n) is 3.05. The van der Waals surface area contributed by atoms with Crippen molar-refractivity contribution in [2.45, 2.75) is 13.3 Å². The molecule has 0 atom stereocenters. The summed E-state index contributed by atoms with van der Waals surface area (Å²) in [4.78, 5) is 13.5. The maximum absolute atomic E-state index is 11.7. The number of amides is 1. The van der Waals surface area contributed by atoms with Crippen molar-refractivity contribution in [3.05, 3.63) is 12.1 Å². The number of nitrogens with one attached hydrogen (secondary N) is 1. The first-order valence-corrected chi connectivity index (χ1v) is 5.95. The molecule has 98 valence electrons. The Morgan fingerprint density at radius 1 is 1.28 bits per heavy atom. The second kappa shape index (κ2) is 5.16. The predicted octanol–water partition coefficient (Wildman–Crippen LogP) is 1.87. The van der Waals surface area contributed by atoms with Crippen LogP contribution in [0.4, 0.5) is 11.4 Å². The summed E-state index contributed by atoms with van der Waals surface area (Å²) in [5.74, 6) is 1.33. The lowest BCUT2D eigenvalue weighted by Gasteiger charge is -2.22. The summed E-state index contributed by atoms with van der Waals surface area (Å²) in [6, 6.07) is 3.71. The Morgan fingerprint density at radius 3 is 2.56 bits per heavy atom. The second-order valence-electron chi connectivity index (χ2n) is 4.18. The van der Waals surface area contributed by atoms with E-state index in [9.17, 15) is 4.79 Å². The van der Waals surface area contributed by atoms with E-state index in [0.29, 0.717) is 18.0 Å². The van der Waals surface area contributed by atoms with Crippen LogP contribution in [0, 0.1) is 0 Å². The van der Waals surface area contributed by atoms with Crippen LogP contribution in [0.3, 0.4) is 0 Å². The van der Waals surface area contributed by atoms with Crippen LogP contribution >= 0.6 is 0 Å². The minimum Gasteiger partial charge on any atom is -0.493 e. The van der Waals surface area contributed by atoms with E-state index in [1.165, 1.54) is 0 Å². The van der Waals surface area contributed by atoms with Gasteiger partial charge in [-0.05, 0) is 6.42 Å². The fourth-order valence-electron chi connectivity index (χ4n) is 2.14. The summed E-state index contributed by atoms with van der Waals surface area (Å²) in [7, 11) is 3.19. The number of anilines is 2.